The first-order chi connectivity index (χ1) is 9.13. The molecule has 0 amide bonds. The molecule has 0 heteroatoms. The van der Waals surface area contributed by atoms with Gasteiger partial charge < -0.3 is 0 Å². The van der Waals surface area contributed by atoms with Gasteiger partial charge in [-0.15, -0.1) is 0 Å². The lowest BCUT2D eigenvalue weighted by Gasteiger charge is -2.56. The van der Waals surface area contributed by atoms with Crippen molar-refractivity contribution in [2.75, 3.05) is 0 Å². The van der Waals surface area contributed by atoms with Crippen LogP contribution < -0.4 is 0 Å². The van der Waals surface area contributed by atoms with Gasteiger partial charge in [0.2, 0.25) is 0 Å². The number of hydrogen-bond donors (Lipinski definition) is 0. The molecule has 0 bridgehead atoms. The summed E-state index contributed by atoms with van der Waals surface area (Å²) in [6.45, 7) is 5.25. The molecular weight excluding hydrogens is 228 g/mol. The van der Waals surface area contributed by atoms with Gasteiger partial charge in [0.05, 0.1) is 0 Å². The van der Waals surface area contributed by atoms with Gasteiger partial charge in [-0.25, -0.2) is 0 Å². The third kappa shape index (κ3) is 1.64. The van der Waals surface area contributed by atoms with Crippen LogP contribution in [0.2, 0.25) is 0 Å². The minimum absolute atomic E-state index is 0.602. The van der Waals surface area contributed by atoms with E-state index in [-0.39, 0.29) is 0 Å². The molecule has 3 fully saturated rings. The maximum Gasteiger partial charge on any atom is -0.00853 e. The number of allylic oxidation sites excluding steroid dienone is 2. The molecule has 0 aromatic heterocycles. The second-order valence-corrected chi connectivity index (χ2v) is 8.55. The Hall–Kier alpha value is -0.260. The summed E-state index contributed by atoms with van der Waals surface area (Å²) in [6, 6.07) is 0. The Labute approximate surface area is 119 Å². The topological polar surface area (TPSA) is 0 Å². The molecule has 5 atom stereocenters. The Balaban J connectivity index is 1.70. The molecular formula is C19H30. The Kier molecular flexibility index (Phi) is 2.71. The van der Waals surface area contributed by atoms with Crippen LogP contribution in [0.5, 0.6) is 0 Å². The van der Waals surface area contributed by atoms with Crippen LogP contribution in [0.15, 0.2) is 11.6 Å². The van der Waals surface area contributed by atoms with E-state index < -0.39 is 0 Å². The predicted molar refractivity (Wildman–Crippen MR) is 80.9 cm³/mol. The number of hydrogen-bond acceptors (Lipinski definition) is 0. The van der Waals surface area contributed by atoms with Crippen molar-refractivity contribution in [2.45, 2.75) is 78.1 Å². The first-order valence-electron chi connectivity index (χ1n) is 8.83. The summed E-state index contributed by atoms with van der Waals surface area (Å²) in [5, 5.41) is 0. The Bertz CT molecular complexity index is 406. The van der Waals surface area contributed by atoms with Crippen LogP contribution in [0.1, 0.15) is 78.1 Å². The second-order valence-electron chi connectivity index (χ2n) is 8.55. The van der Waals surface area contributed by atoms with Gasteiger partial charge in [-0.3, -0.25) is 0 Å². The summed E-state index contributed by atoms with van der Waals surface area (Å²) in [6.07, 6.45) is 17.6. The molecule has 0 nitrogen and oxygen atoms in total. The van der Waals surface area contributed by atoms with Crippen LogP contribution in [-0.4, -0.2) is 0 Å². The first kappa shape index (κ1) is 12.5. The SMILES string of the molecule is C[C@@]12CCC[C@@H]1[C@H]1CC=C3CCCC[C@@]3(C)[C@@H]1CC2. The molecule has 0 N–H and O–H groups in total. The zero-order chi connectivity index (χ0) is 13.1. The fourth-order valence-electron chi connectivity index (χ4n) is 6.69. The fourth-order valence-corrected chi connectivity index (χ4v) is 6.69. The highest BCUT2D eigenvalue weighted by Crippen LogP contribution is 2.64. The molecule has 4 aliphatic carbocycles. The molecule has 0 radical (unpaired) electrons. The molecule has 19 heavy (non-hydrogen) atoms. The molecule has 0 aromatic carbocycles. The van der Waals surface area contributed by atoms with Gasteiger partial charge in [0.15, 0.2) is 0 Å². The highest BCUT2D eigenvalue weighted by Gasteiger charge is 2.54. The van der Waals surface area contributed by atoms with E-state index in [1.807, 2.05) is 5.57 Å². The van der Waals surface area contributed by atoms with Gasteiger partial charge >= 0.3 is 0 Å². The monoisotopic (exact) mass is 258 g/mol. The van der Waals surface area contributed by atoms with Gasteiger partial charge in [-0.05, 0) is 80.0 Å². The van der Waals surface area contributed by atoms with Crippen LogP contribution in [0.3, 0.4) is 0 Å². The van der Waals surface area contributed by atoms with Gasteiger partial charge in [0, 0.05) is 0 Å². The molecule has 4 aliphatic rings. The standard InChI is InChI=1S/C19H30/c1-18-11-5-7-16(18)15-9-8-14-6-3-4-12-19(14,2)17(15)10-13-18/h8,15-17H,3-7,9-13H2,1-2H3/t15-,16-,17-,18+,19-/m1/s1. The summed E-state index contributed by atoms with van der Waals surface area (Å²) >= 11 is 0. The maximum absolute atomic E-state index is 2.70. The highest BCUT2D eigenvalue weighted by atomic mass is 14.6. The van der Waals surface area contributed by atoms with Crippen LogP contribution in [0.25, 0.3) is 0 Å². The molecule has 106 valence electrons. The van der Waals surface area contributed by atoms with Gasteiger partial charge in [-0.1, -0.05) is 38.3 Å². The molecule has 0 heterocycles. The minimum atomic E-state index is 0.602. The van der Waals surface area contributed by atoms with Crippen LogP contribution in [-0.2, 0) is 0 Å². The quantitative estimate of drug-likeness (QED) is 0.487. The summed E-state index contributed by atoms with van der Waals surface area (Å²) in [5.41, 5.74) is 3.18. The zero-order valence-corrected chi connectivity index (χ0v) is 12.9. The predicted octanol–water partition coefficient (Wildman–Crippen LogP) is 5.73. The van der Waals surface area contributed by atoms with E-state index in [1.54, 1.807) is 0 Å². The molecule has 0 aliphatic heterocycles. The largest absolute Gasteiger partial charge is 0.0845 e. The van der Waals surface area contributed by atoms with Crippen molar-refractivity contribution >= 4 is 0 Å². The fraction of sp³-hybridized carbons (Fsp3) is 0.895. The van der Waals surface area contributed by atoms with Crippen molar-refractivity contribution in [3.63, 3.8) is 0 Å². The summed E-state index contributed by atoms with van der Waals surface area (Å²) in [7, 11) is 0. The third-order valence-corrected chi connectivity index (χ3v) is 7.80. The molecule has 3 saturated carbocycles. The van der Waals surface area contributed by atoms with E-state index >= 15 is 0 Å². The average molecular weight is 258 g/mol. The van der Waals surface area contributed by atoms with Crippen molar-refractivity contribution in [3.05, 3.63) is 11.6 Å². The average Bonchev–Trinajstić information content (AvgIpc) is 2.79. The summed E-state index contributed by atoms with van der Waals surface area (Å²) < 4.78 is 0. The van der Waals surface area contributed by atoms with Gasteiger partial charge in [-0.2, -0.15) is 0 Å². The van der Waals surface area contributed by atoms with E-state index in [0.29, 0.717) is 5.41 Å². The van der Waals surface area contributed by atoms with Crippen molar-refractivity contribution < 1.29 is 0 Å². The normalized spacial score (nSPS) is 52.9. The van der Waals surface area contributed by atoms with Crippen molar-refractivity contribution in [1.82, 2.24) is 0 Å². The van der Waals surface area contributed by atoms with Crippen LogP contribution in [0, 0.1) is 28.6 Å². The van der Waals surface area contributed by atoms with Crippen molar-refractivity contribution in [1.29, 1.82) is 0 Å². The zero-order valence-electron chi connectivity index (χ0n) is 12.9. The van der Waals surface area contributed by atoms with E-state index in [1.165, 1.54) is 64.2 Å². The van der Waals surface area contributed by atoms with Crippen LogP contribution >= 0.6 is 0 Å². The summed E-state index contributed by atoms with van der Waals surface area (Å²) in [5.74, 6) is 3.12. The van der Waals surface area contributed by atoms with E-state index in [4.69, 9.17) is 0 Å². The molecule has 0 unspecified atom stereocenters. The molecule has 0 spiro atoms. The lowest BCUT2D eigenvalue weighted by molar-refractivity contribution is -0.0248. The Morgan fingerprint density at radius 2 is 1.84 bits per heavy atom. The number of rotatable bonds is 0. The Morgan fingerprint density at radius 1 is 0.947 bits per heavy atom. The van der Waals surface area contributed by atoms with Crippen molar-refractivity contribution in [3.8, 4) is 0 Å². The van der Waals surface area contributed by atoms with E-state index in [9.17, 15) is 0 Å². The maximum atomic E-state index is 2.70. The third-order valence-electron chi connectivity index (χ3n) is 7.80. The molecule has 0 saturated heterocycles. The van der Waals surface area contributed by atoms with Crippen molar-refractivity contribution in [2.24, 2.45) is 28.6 Å². The lowest BCUT2D eigenvalue weighted by Crippen LogP contribution is -2.48. The first-order valence-corrected chi connectivity index (χ1v) is 8.83. The Morgan fingerprint density at radius 3 is 2.74 bits per heavy atom. The van der Waals surface area contributed by atoms with Gasteiger partial charge in [0.25, 0.3) is 0 Å². The molecule has 4 rings (SSSR count). The highest BCUT2D eigenvalue weighted by molar-refractivity contribution is 5.23. The van der Waals surface area contributed by atoms with Crippen LogP contribution in [0.4, 0.5) is 0 Å². The summed E-state index contributed by atoms with van der Waals surface area (Å²) in [4.78, 5) is 0. The van der Waals surface area contributed by atoms with E-state index in [2.05, 4.69) is 19.9 Å². The minimum Gasteiger partial charge on any atom is -0.0845 e. The smallest absolute Gasteiger partial charge is 0.00853 e. The van der Waals surface area contributed by atoms with E-state index in [0.717, 1.165) is 23.2 Å². The van der Waals surface area contributed by atoms with Gasteiger partial charge in [0.1, 0.15) is 0 Å². The lowest BCUT2D eigenvalue weighted by atomic mass is 9.48. The number of fused-ring (bicyclic) bond motifs is 5. The molecule has 0 aromatic rings. The second kappa shape index (κ2) is 4.12.